The highest BCUT2D eigenvalue weighted by atomic mass is 16.5. The maximum absolute atomic E-state index is 12.1. The molecule has 110 valence electrons. The van der Waals surface area contributed by atoms with E-state index in [4.69, 9.17) is 4.74 Å². The van der Waals surface area contributed by atoms with Gasteiger partial charge >= 0.3 is 0 Å². The lowest BCUT2D eigenvalue weighted by atomic mass is 9.96. The summed E-state index contributed by atoms with van der Waals surface area (Å²) in [6.07, 6.45) is 1.87. The van der Waals surface area contributed by atoms with Crippen LogP contribution in [-0.2, 0) is 4.74 Å². The van der Waals surface area contributed by atoms with Crippen LogP contribution < -0.4 is 10.2 Å². The fraction of sp³-hybridized carbons (Fsp3) is 0.571. The summed E-state index contributed by atoms with van der Waals surface area (Å²) in [7, 11) is 3.73. The van der Waals surface area contributed by atoms with E-state index in [9.17, 15) is 9.90 Å². The number of carbonyl (C=O) groups excluding carboxylic acids is 1. The average Bonchev–Trinajstić information content (AvgIpc) is 2.76. The molecule has 1 aromatic heterocycles. The summed E-state index contributed by atoms with van der Waals surface area (Å²) >= 11 is 0. The Labute approximate surface area is 118 Å². The molecule has 0 spiro atoms. The third kappa shape index (κ3) is 3.08. The molecule has 2 heterocycles. The summed E-state index contributed by atoms with van der Waals surface area (Å²) in [4.78, 5) is 18.1. The lowest BCUT2D eigenvalue weighted by Crippen LogP contribution is -2.47. The fourth-order valence-electron chi connectivity index (χ4n) is 2.14. The Bertz CT molecular complexity index is 492. The molecule has 1 aliphatic heterocycles. The van der Waals surface area contributed by atoms with Crippen LogP contribution in [0.4, 0.5) is 5.82 Å². The summed E-state index contributed by atoms with van der Waals surface area (Å²) in [5.41, 5.74) is -0.452. The zero-order chi connectivity index (χ0) is 14.8. The van der Waals surface area contributed by atoms with Crippen LogP contribution in [0.2, 0.25) is 0 Å². The Morgan fingerprint density at radius 3 is 3.00 bits per heavy atom. The van der Waals surface area contributed by atoms with Gasteiger partial charge in [0.1, 0.15) is 11.4 Å². The van der Waals surface area contributed by atoms with Gasteiger partial charge in [-0.2, -0.15) is 0 Å². The third-order valence-electron chi connectivity index (χ3n) is 3.68. The highest BCUT2D eigenvalue weighted by Crippen LogP contribution is 2.24. The van der Waals surface area contributed by atoms with Crippen molar-refractivity contribution in [1.29, 1.82) is 0 Å². The lowest BCUT2D eigenvalue weighted by molar-refractivity contribution is -0.0251. The second-order valence-corrected chi connectivity index (χ2v) is 5.35. The molecule has 0 bridgehead atoms. The van der Waals surface area contributed by atoms with E-state index < -0.39 is 5.60 Å². The van der Waals surface area contributed by atoms with Crippen molar-refractivity contribution in [3.63, 3.8) is 0 Å². The van der Waals surface area contributed by atoms with Crippen molar-refractivity contribution in [3.8, 4) is 0 Å². The summed E-state index contributed by atoms with van der Waals surface area (Å²) in [6, 6.07) is 3.37. The maximum atomic E-state index is 12.1. The highest BCUT2D eigenvalue weighted by Gasteiger charge is 2.39. The molecule has 2 rings (SSSR count). The molecule has 0 aliphatic carbocycles. The molecule has 0 aromatic carbocycles. The second-order valence-electron chi connectivity index (χ2n) is 5.35. The van der Waals surface area contributed by atoms with Gasteiger partial charge in [0.05, 0.1) is 6.10 Å². The van der Waals surface area contributed by atoms with Gasteiger partial charge in [-0.15, -0.1) is 0 Å². The Hall–Kier alpha value is -1.66. The molecule has 2 unspecified atom stereocenters. The van der Waals surface area contributed by atoms with Crippen LogP contribution in [0.5, 0.6) is 0 Å². The first-order chi connectivity index (χ1) is 9.42. The largest absolute Gasteiger partial charge is 0.385 e. The van der Waals surface area contributed by atoms with Crippen molar-refractivity contribution in [1.82, 2.24) is 10.3 Å². The Balaban J connectivity index is 2.00. The predicted molar refractivity (Wildman–Crippen MR) is 75.9 cm³/mol. The number of hydrogen-bond acceptors (Lipinski definition) is 5. The van der Waals surface area contributed by atoms with E-state index in [1.54, 1.807) is 18.3 Å². The Morgan fingerprint density at radius 1 is 1.65 bits per heavy atom. The van der Waals surface area contributed by atoms with Gasteiger partial charge in [-0.1, -0.05) is 0 Å². The number of hydrogen-bond donors (Lipinski definition) is 2. The van der Waals surface area contributed by atoms with E-state index in [1.165, 1.54) is 0 Å². The van der Waals surface area contributed by atoms with Gasteiger partial charge < -0.3 is 20.1 Å². The molecule has 20 heavy (non-hydrogen) atoms. The molecular weight excluding hydrogens is 258 g/mol. The average molecular weight is 279 g/mol. The number of aromatic nitrogens is 1. The van der Waals surface area contributed by atoms with Crippen LogP contribution in [0, 0.1) is 0 Å². The van der Waals surface area contributed by atoms with Gasteiger partial charge in [0, 0.05) is 45.4 Å². The standard InChI is InChI=1S/C14H21N3O3/c1-10-14(19,5-7-20-10)9-16-13(18)11-4-6-15-12(8-11)17(2)3/h4,6,8,10,19H,5,7,9H2,1-3H3,(H,16,18). The maximum Gasteiger partial charge on any atom is 0.251 e. The van der Waals surface area contributed by atoms with Gasteiger partial charge in [0.2, 0.25) is 0 Å². The lowest BCUT2D eigenvalue weighted by Gasteiger charge is -2.26. The quantitative estimate of drug-likeness (QED) is 0.835. The van der Waals surface area contributed by atoms with Crippen molar-refractivity contribution in [3.05, 3.63) is 23.9 Å². The van der Waals surface area contributed by atoms with E-state index in [2.05, 4.69) is 10.3 Å². The van der Waals surface area contributed by atoms with Crippen LogP contribution in [-0.4, -0.2) is 54.9 Å². The summed E-state index contributed by atoms with van der Waals surface area (Å²) in [5.74, 6) is 0.497. The number of nitrogens with zero attached hydrogens (tertiary/aromatic N) is 2. The number of ether oxygens (including phenoxy) is 1. The van der Waals surface area contributed by atoms with Crippen molar-refractivity contribution in [2.24, 2.45) is 0 Å². The molecule has 1 aliphatic rings. The number of rotatable bonds is 4. The Morgan fingerprint density at radius 2 is 2.40 bits per heavy atom. The van der Waals surface area contributed by atoms with Crippen molar-refractivity contribution in [2.45, 2.75) is 25.0 Å². The van der Waals surface area contributed by atoms with Gasteiger partial charge in [-0.3, -0.25) is 4.79 Å². The summed E-state index contributed by atoms with van der Waals surface area (Å²) in [5, 5.41) is 13.1. The van der Waals surface area contributed by atoms with Crippen molar-refractivity contribution in [2.75, 3.05) is 32.1 Å². The Kier molecular flexibility index (Phi) is 4.25. The molecule has 1 amide bonds. The first-order valence-electron chi connectivity index (χ1n) is 6.68. The van der Waals surface area contributed by atoms with E-state index in [0.29, 0.717) is 24.4 Å². The minimum absolute atomic E-state index is 0.187. The number of carbonyl (C=O) groups is 1. The molecule has 1 fully saturated rings. The van der Waals surface area contributed by atoms with Crippen LogP contribution in [0.25, 0.3) is 0 Å². The molecule has 2 atom stereocenters. The SMILES string of the molecule is CC1OCCC1(O)CNC(=O)c1ccnc(N(C)C)c1. The third-order valence-corrected chi connectivity index (χ3v) is 3.68. The zero-order valence-corrected chi connectivity index (χ0v) is 12.1. The first kappa shape index (κ1) is 14.7. The molecule has 0 radical (unpaired) electrons. The highest BCUT2D eigenvalue weighted by molar-refractivity contribution is 5.94. The van der Waals surface area contributed by atoms with Crippen LogP contribution in [0.3, 0.4) is 0 Å². The minimum Gasteiger partial charge on any atom is -0.385 e. The van der Waals surface area contributed by atoms with E-state index in [-0.39, 0.29) is 18.6 Å². The van der Waals surface area contributed by atoms with Crippen LogP contribution in [0.1, 0.15) is 23.7 Å². The van der Waals surface area contributed by atoms with Crippen LogP contribution in [0.15, 0.2) is 18.3 Å². The zero-order valence-electron chi connectivity index (χ0n) is 12.1. The molecule has 6 heteroatoms. The molecule has 1 saturated heterocycles. The van der Waals surface area contributed by atoms with Gasteiger partial charge in [-0.25, -0.2) is 4.98 Å². The number of pyridine rings is 1. The van der Waals surface area contributed by atoms with Crippen molar-refractivity contribution < 1.29 is 14.6 Å². The first-order valence-corrected chi connectivity index (χ1v) is 6.68. The molecule has 1 aromatic rings. The van der Waals surface area contributed by atoms with Crippen LogP contribution >= 0.6 is 0 Å². The van der Waals surface area contributed by atoms with E-state index >= 15 is 0 Å². The smallest absolute Gasteiger partial charge is 0.251 e. The molecule has 6 nitrogen and oxygen atoms in total. The topological polar surface area (TPSA) is 74.7 Å². The second kappa shape index (κ2) is 5.76. The summed E-state index contributed by atoms with van der Waals surface area (Å²) < 4.78 is 5.34. The predicted octanol–water partition coefficient (Wildman–Crippen LogP) is 0.417. The normalized spacial score (nSPS) is 25.5. The van der Waals surface area contributed by atoms with Crippen molar-refractivity contribution >= 4 is 11.7 Å². The number of amides is 1. The number of nitrogens with one attached hydrogen (secondary N) is 1. The van der Waals surface area contributed by atoms with Gasteiger partial charge in [-0.05, 0) is 19.1 Å². The molecular formula is C14H21N3O3. The number of anilines is 1. The monoisotopic (exact) mass is 279 g/mol. The fourth-order valence-corrected chi connectivity index (χ4v) is 2.14. The molecule has 0 saturated carbocycles. The van der Waals surface area contributed by atoms with E-state index in [1.807, 2.05) is 25.9 Å². The summed E-state index contributed by atoms with van der Waals surface area (Å²) in [6.45, 7) is 2.52. The van der Waals surface area contributed by atoms with Gasteiger partial charge in [0.15, 0.2) is 0 Å². The minimum atomic E-state index is -0.979. The number of aliphatic hydroxyl groups is 1. The van der Waals surface area contributed by atoms with Gasteiger partial charge in [0.25, 0.3) is 5.91 Å². The van der Waals surface area contributed by atoms with E-state index in [0.717, 1.165) is 0 Å². The molecule has 2 N–H and O–H groups in total.